The molecule has 0 spiro atoms. The quantitative estimate of drug-likeness (QED) is 0.144. The molecule has 9 aromatic carbocycles. The smallest absolute Gasteiger partial charge is 0.164 e. The highest BCUT2D eigenvalue weighted by molar-refractivity contribution is 6.12. The zero-order chi connectivity index (χ0) is 46.3. The van der Waals surface area contributed by atoms with Crippen LogP contribution < -0.4 is 0 Å². The SMILES string of the molecule is Cc1ccccc1-c1ccc2c3ccc(-c4ccccc4C)cc3n(-c3ccc(-c4nc(-c5ccccc5)nc(-c5ccccc5)n4)cc3-c3nc(-c4ccccc4)cc(-c4ccccc4)n3)c2c1. The van der Waals surface area contributed by atoms with E-state index in [0.717, 1.165) is 83.4 Å². The molecule has 0 aliphatic rings. The number of hydrogen-bond donors (Lipinski definition) is 0. The molecule has 0 radical (unpaired) electrons. The van der Waals surface area contributed by atoms with E-state index in [1.54, 1.807) is 0 Å². The van der Waals surface area contributed by atoms with Crippen LogP contribution in [0.2, 0.25) is 0 Å². The van der Waals surface area contributed by atoms with Gasteiger partial charge in [-0.25, -0.2) is 24.9 Å². The van der Waals surface area contributed by atoms with Gasteiger partial charge >= 0.3 is 0 Å². The number of aryl methyl sites for hydroxylation is 2. The van der Waals surface area contributed by atoms with Crippen LogP contribution in [0.4, 0.5) is 0 Å². The zero-order valence-corrected chi connectivity index (χ0v) is 38.1. The van der Waals surface area contributed by atoms with Crippen molar-refractivity contribution in [2.75, 3.05) is 0 Å². The van der Waals surface area contributed by atoms with Crippen LogP contribution in [0.1, 0.15) is 11.1 Å². The molecule has 12 rings (SSSR count). The third-order valence-electron chi connectivity index (χ3n) is 13.0. The van der Waals surface area contributed by atoms with Gasteiger partial charge in [0.15, 0.2) is 23.3 Å². The van der Waals surface area contributed by atoms with Crippen LogP contribution in [-0.4, -0.2) is 29.5 Å². The summed E-state index contributed by atoms with van der Waals surface area (Å²) in [6.07, 6.45) is 0. The Bertz CT molecular complexity index is 3630. The van der Waals surface area contributed by atoms with Crippen molar-refractivity contribution in [3.63, 3.8) is 0 Å². The van der Waals surface area contributed by atoms with E-state index in [4.69, 9.17) is 24.9 Å². The lowest BCUT2D eigenvalue weighted by atomic mass is 9.98. The molecular formula is C63H44N6. The van der Waals surface area contributed by atoms with Crippen LogP contribution in [-0.2, 0) is 0 Å². The van der Waals surface area contributed by atoms with E-state index in [9.17, 15) is 0 Å². The van der Waals surface area contributed by atoms with E-state index in [1.807, 2.05) is 72.8 Å². The molecule has 0 amide bonds. The van der Waals surface area contributed by atoms with Crippen molar-refractivity contribution in [1.29, 1.82) is 0 Å². The summed E-state index contributed by atoms with van der Waals surface area (Å²) < 4.78 is 2.41. The largest absolute Gasteiger partial charge is 0.308 e. The number of aromatic nitrogens is 6. The van der Waals surface area contributed by atoms with Crippen molar-refractivity contribution in [3.05, 3.63) is 242 Å². The lowest BCUT2D eigenvalue weighted by Gasteiger charge is -2.17. The third kappa shape index (κ3) is 7.84. The molecule has 0 saturated heterocycles. The van der Waals surface area contributed by atoms with Gasteiger partial charge in [-0.15, -0.1) is 0 Å². The Morgan fingerprint density at radius 3 is 1.12 bits per heavy atom. The minimum atomic E-state index is 0.545. The molecule has 0 aliphatic carbocycles. The summed E-state index contributed by atoms with van der Waals surface area (Å²) in [5.41, 5.74) is 17.2. The molecular weight excluding hydrogens is 841 g/mol. The van der Waals surface area contributed by atoms with E-state index >= 15 is 0 Å². The van der Waals surface area contributed by atoms with Crippen LogP contribution in [0.5, 0.6) is 0 Å². The molecule has 12 aromatic rings. The molecule has 3 aromatic heterocycles. The summed E-state index contributed by atoms with van der Waals surface area (Å²) in [6, 6.07) is 80.4. The van der Waals surface area contributed by atoms with E-state index in [1.165, 1.54) is 22.3 Å². The summed E-state index contributed by atoms with van der Waals surface area (Å²) >= 11 is 0. The van der Waals surface area contributed by atoms with Crippen LogP contribution in [0.25, 0.3) is 118 Å². The van der Waals surface area contributed by atoms with Gasteiger partial charge in [-0.3, -0.25) is 0 Å². The fourth-order valence-electron chi connectivity index (χ4n) is 9.47. The maximum Gasteiger partial charge on any atom is 0.164 e. The average Bonchev–Trinajstić information content (AvgIpc) is 3.74. The maximum absolute atomic E-state index is 5.47. The summed E-state index contributed by atoms with van der Waals surface area (Å²) in [4.78, 5) is 26.4. The lowest BCUT2D eigenvalue weighted by molar-refractivity contribution is 1.07. The molecule has 0 aliphatic heterocycles. The monoisotopic (exact) mass is 884 g/mol. The fourth-order valence-corrected chi connectivity index (χ4v) is 9.47. The lowest BCUT2D eigenvalue weighted by Crippen LogP contribution is -2.04. The Kier molecular flexibility index (Phi) is 10.5. The van der Waals surface area contributed by atoms with Crippen molar-refractivity contribution >= 4 is 21.8 Å². The van der Waals surface area contributed by atoms with Gasteiger partial charge in [-0.1, -0.05) is 194 Å². The summed E-state index contributed by atoms with van der Waals surface area (Å²) in [6.45, 7) is 4.35. The van der Waals surface area contributed by atoms with Crippen LogP contribution >= 0.6 is 0 Å². The van der Waals surface area contributed by atoms with E-state index in [-0.39, 0.29) is 0 Å². The van der Waals surface area contributed by atoms with Crippen molar-refractivity contribution in [3.8, 4) is 96.0 Å². The van der Waals surface area contributed by atoms with Gasteiger partial charge in [0.05, 0.1) is 28.1 Å². The Morgan fingerprint density at radius 1 is 0.275 bits per heavy atom. The highest BCUT2D eigenvalue weighted by Crippen LogP contribution is 2.42. The maximum atomic E-state index is 5.47. The standard InChI is InChI=1S/C63H44N6/c1-41-19-15-17-29-50(41)47-31-34-52-53-35-32-48(51-30-18-16-20-42(51)2)39-59(53)69(58(52)38-47)57-36-33-49(62-67-60(45-25-11-5-12-26-45)66-61(68-62)46-27-13-6-14-28-46)37-54(57)63-64-55(43-21-7-3-8-22-43)40-56(65-63)44-23-9-4-10-24-44/h3-40H,1-2H3. The Hall–Kier alpha value is -9.13. The zero-order valence-electron chi connectivity index (χ0n) is 38.1. The second-order valence-electron chi connectivity index (χ2n) is 17.4. The molecule has 69 heavy (non-hydrogen) atoms. The van der Waals surface area contributed by atoms with Gasteiger partial charge in [-0.05, 0) is 83.6 Å². The first-order valence-corrected chi connectivity index (χ1v) is 23.2. The fraction of sp³-hybridized carbons (Fsp3) is 0.0317. The number of nitrogens with zero attached hydrogens (tertiary/aromatic N) is 6. The second kappa shape index (κ2) is 17.6. The summed E-state index contributed by atoms with van der Waals surface area (Å²) in [5, 5.41) is 2.30. The Labute approximate surface area is 401 Å². The summed E-state index contributed by atoms with van der Waals surface area (Å²) in [5.74, 6) is 2.30. The highest BCUT2D eigenvalue weighted by Gasteiger charge is 2.23. The third-order valence-corrected chi connectivity index (χ3v) is 13.0. The number of benzene rings is 9. The van der Waals surface area contributed by atoms with Gasteiger partial charge in [0.1, 0.15) is 0 Å². The van der Waals surface area contributed by atoms with Crippen LogP contribution in [0.15, 0.2) is 231 Å². The molecule has 6 nitrogen and oxygen atoms in total. The van der Waals surface area contributed by atoms with E-state index < -0.39 is 0 Å². The molecule has 3 heterocycles. The highest BCUT2D eigenvalue weighted by atomic mass is 15.0. The van der Waals surface area contributed by atoms with Crippen molar-refractivity contribution < 1.29 is 0 Å². The number of hydrogen-bond acceptors (Lipinski definition) is 5. The average molecular weight is 885 g/mol. The molecule has 0 unspecified atom stereocenters. The molecule has 326 valence electrons. The van der Waals surface area contributed by atoms with Gasteiger partial charge in [-0.2, -0.15) is 0 Å². The van der Waals surface area contributed by atoms with Gasteiger partial charge < -0.3 is 4.57 Å². The predicted octanol–water partition coefficient (Wildman–Crippen LogP) is 15.7. The molecule has 0 N–H and O–H groups in total. The minimum Gasteiger partial charge on any atom is -0.308 e. The predicted molar refractivity (Wildman–Crippen MR) is 283 cm³/mol. The first-order chi connectivity index (χ1) is 34.0. The summed E-state index contributed by atoms with van der Waals surface area (Å²) in [7, 11) is 0. The topological polar surface area (TPSA) is 69.4 Å². The van der Waals surface area contributed by atoms with Crippen molar-refractivity contribution in [2.45, 2.75) is 13.8 Å². The number of fused-ring (bicyclic) bond motifs is 3. The van der Waals surface area contributed by atoms with Crippen LogP contribution in [0.3, 0.4) is 0 Å². The first-order valence-electron chi connectivity index (χ1n) is 23.2. The molecule has 6 heteroatoms. The second-order valence-corrected chi connectivity index (χ2v) is 17.4. The Morgan fingerprint density at radius 2 is 0.667 bits per heavy atom. The molecule has 0 atom stereocenters. The van der Waals surface area contributed by atoms with Crippen LogP contribution in [0, 0.1) is 13.8 Å². The molecule has 0 saturated carbocycles. The van der Waals surface area contributed by atoms with E-state index in [2.05, 4.69) is 176 Å². The number of rotatable bonds is 9. The normalized spacial score (nSPS) is 11.3. The Balaban J connectivity index is 1.18. The van der Waals surface area contributed by atoms with E-state index in [0.29, 0.717) is 23.3 Å². The van der Waals surface area contributed by atoms with Crippen molar-refractivity contribution in [2.24, 2.45) is 0 Å². The van der Waals surface area contributed by atoms with Gasteiger partial charge in [0.25, 0.3) is 0 Å². The molecule has 0 fully saturated rings. The van der Waals surface area contributed by atoms with Gasteiger partial charge in [0, 0.05) is 44.2 Å². The molecule has 0 bridgehead atoms. The first kappa shape index (κ1) is 41.3. The van der Waals surface area contributed by atoms with Gasteiger partial charge in [0.2, 0.25) is 0 Å². The van der Waals surface area contributed by atoms with Crippen molar-refractivity contribution in [1.82, 2.24) is 29.5 Å². The minimum absolute atomic E-state index is 0.545.